The second-order valence-corrected chi connectivity index (χ2v) is 3.88. The van der Waals surface area contributed by atoms with Crippen LogP contribution in [-0.4, -0.2) is 4.92 Å². The van der Waals surface area contributed by atoms with Crippen molar-refractivity contribution in [2.24, 2.45) is 0 Å². The summed E-state index contributed by atoms with van der Waals surface area (Å²) in [6.07, 6.45) is 0. The SMILES string of the molecule is Cc1cc(I)c(Cl)c([N+](=O)[O-])c1. The first-order valence-electron chi connectivity index (χ1n) is 3.12. The number of halogens is 2. The second kappa shape index (κ2) is 3.57. The summed E-state index contributed by atoms with van der Waals surface area (Å²) in [5.74, 6) is 0. The largest absolute Gasteiger partial charge is 0.289 e. The minimum absolute atomic E-state index is 0.0268. The minimum atomic E-state index is -0.475. The van der Waals surface area contributed by atoms with Crippen LogP contribution in [0.2, 0.25) is 5.02 Å². The monoisotopic (exact) mass is 297 g/mol. The Kier molecular flexibility index (Phi) is 2.89. The molecule has 0 saturated heterocycles. The Morgan fingerprint density at radius 1 is 1.58 bits per heavy atom. The number of nitro groups is 1. The van der Waals surface area contributed by atoms with Crippen LogP contribution in [0.4, 0.5) is 5.69 Å². The number of nitrogens with zero attached hydrogens (tertiary/aromatic N) is 1. The van der Waals surface area contributed by atoms with Gasteiger partial charge in [0.25, 0.3) is 5.69 Å². The van der Waals surface area contributed by atoms with Crippen molar-refractivity contribution >= 4 is 39.9 Å². The van der Waals surface area contributed by atoms with Crippen molar-refractivity contribution < 1.29 is 4.92 Å². The highest BCUT2D eigenvalue weighted by molar-refractivity contribution is 14.1. The van der Waals surface area contributed by atoms with Gasteiger partial charge in [-0.2, -0.15) is 0 Å². The molecule has 0 spiro atoms. The van der Waals surface area contributed by atoms with Crippen molar-refractivity contribution in [3.63, 3.8) is 0 Å². The lowest BCUT2D eigenvalue weighted by molar-refractivity contribution is -0.384. The molecule has 5 heteroatoms. The van der Waals surface area contributed by atoms with E-state index >= 15 is 0 Å². The topological polar surface area (TPSA) is 43.1 Å². The zero-order valence-electron chi connectivity index (χ0n) is 6.17. The molecule has 0 aliphatic carbocycles. The van der Waals surface area contributed by atoms with Gasteiger partial charge in [0.1, 0.15) is 5.02 Å². The summed E-state index contributed by atoms with van der Waals surface area (Å²) in [5.41, 5.74) is 0.816. The van der Waals surface area contributed by atoms with Crippen LogP contribution in [0, 0.1) is 20.6 Å². The zero-order chi connectivity index (χ0) is 9.30. The van der Waals surface area contributed by atoms with Crippen molar-refractivity contribution in [2.75, 3.05) is 0 Å². The predicted octanol–water partition coefficient (Wildman–Crippen LogP) is 3.16. The van der Waals surface area contributed by atoms with Crippen LogP contribution in [0.3, 0.4) is 0 Å². The number of benzene rings is 1. The van der Waals surface area contributed by atoms with Crippen LogP contribution >= 0.6 is 34.2 Å². The quantitative estimate of drug-likeness (QED) is 0.454. The lowest BCUT2D eigenvalue weighted by Crippen LogP contribution is -1.91. The van der Waals surface area contributed by atoms with Gasteiger partial charge in [0.15, 0.2) is 0 Å². The maximum Gasteiger partial charge on any atom is 0.289 e. The molecule has 0 unspecified atom stereocenters. The van der Waals surface area contributed by atoms with Crippen molar-refractivity contribution in [1.29, 1.82) is 0 Å². The van der Waals surface area contributed by atoms with E-state index in [9.17, 15) is 10.1 Å². The normalized spacial score (nSPS) is 9.92. The van der Waals surface area contributed by atoms with Crippen LogP contribution < -0.4 is 0 Å². The molecular weight excluding hydrogens is 292 g/mol. The summed E-state index contributed by atoms with van der Waals surface area (Å²) in [6.45, 7) is 1.80. The van der Waals surface area contributed by atoms with Gasteiger partial charge >= 0.3 is 0 Å². The van der Waals surface area contributed by atoms with E-state index in [0.29, 0.717) is 3.57 Å². The summed E-state index contributed by atoms with van der Waals surface area (Å²) in [4.78, 5) is 9.97. The molecule has 0 saturated carbocycles. The van der Waals surface area contributed by atoms with E-state index in [4.69, 9.17) is 11.6 Å². The van der Waals surface area contributed by atoms with Gasteiger partial charge in [-0.3, -0.25) is 10.1 Å². The van der Waals surface area contributed by atoms with E-state index < -0.39 is 4.92 Å². The highest BCUT2D eigenvalue weighted by atomic mass is 127. The van der Waals surface area contributed by atoms with Crippen molar-refractivity contribution in [3.05, 3.63) is 36.4 Å². The second-order valence-electron chi connectivity index (χ2n) is 2.34. The molecule has 0 aromatic heterocycles. The molecule has 0 bridgehead atoms. The Bertz CT molecular complexity index is 340. The molecule has 3 nitrogen and oxygen atoms in total. The summed E-state index contributed by atoms with van der Waals surface area (Å²) in [5, 5.41) is 10.7. The molecule has 0 atom stereocenters. The van der Waals surface area contributed by atoms with Gasteiger partial charge in [-0.15, -0.1) is 0 Å². The van der Waals surface area contributed by atoms with E-state index in [2.05, 4.69) is 0 Å². The third-order valence-electron chi connectivity index (χ3n) is 1.35. The Hall–Kier alpha value is -0.360. The first kappa shape index (κ1) is 9.73. The molecule has 0 aliphatic heterocycles. The smallest absolute Gasteiger partial charge is 0.258 e. The average molecular weight is 297 g/mol. The van der Waals surface area contributed by atoms with Crippen molar-refractivity contribution in [1.82, 2.24) is 0 Å². The van der Waals surface area contributed by atoms with Crippen LogP contribution in [0.25, 0.3) is 0 Å². The molecule has 0 N–H and O–H groups in total. The van der Waals surface area contributed by atoms with Gasteiger partial charge in [0, 0.05) is 9.64 Å². The Morgan fingerprint density at radius 3 is 2.67 bits per heavy atom. The summed E-state index contributed by atoms with van der Waals surface area (Å²) >= 11 is 7.68. The number of rotatable bonds is 1. The molecule has 0 fully saturated rings. The van der Waals surface area contributed by atoms with Gasteiger partial charge in [-0.05, 0) is 41.1 Å². The molecule has 0 radical (unpaired) electrons. The van der Waals surface area contributed by atoms with Crippen LogP contribution in [-0.2, 0) is 0 Å². The fourth-order valence-corrected chi connectivity index (χ4v) is 1.78. The highest BCUT2D eigenvalue weighted by Crippen LogP contribution is 2.30. The summed E-state index contributed by atoms with van der Waals surface area (Å²) in [6, 6.07) is 3.26. The molecular formula is C7H5ClINO2. The number of hydrogen-bond acceptors (Lipinski definition) is 2. The van der Waals surface area contributed by atoms with E-state index in [1.807, 2.05) is 22.6 Å². The number of hydrogen-bond donors (Lipinski definition) is 0. The molecule has 0 heterocycles. The molecule has 0 aliphatic rings. The van der Waals surface area contributed by atoms with Gasteiger partial charge in [0.05, 0.1) is 4.92 Å². The third-order valence-corrected chi connectivity index (χ3v) is 2.92. The number of nitro benzene ring substituents is 1. The van der Waals surface area contributed by atoms with Crippen LogP contribution in [0.15, 0.2) is 12.1 Å². The van der Waals surface area contributed by atoms with E-state index in [1.165, 1.54) is 6.07 Å². The first-order valence-corrected chi connectivity index (χ1v) is 4.58. The molecule has 0 amide bonds. The summed E-state index contributed by atoms with van der Waals surface area (Å²) in [7, 11) is 0. The molecule has 1 rings (SSSR count). The highest BCUT2D eigenvalue weighted by Gasteiger charge is 2.14. The lowest BCUT2D eigenvalue weighted by atomic mass is 10.2. The van der Waals surface area contributed by atoms with Crippen LogP contribution in [0.1, 0.15) is 5.56 Å². The van der Waals surface area contributed by atoms with Gasteiger partial charge in [-0.25, -0.2) is 0 Å². The maximum absolute atomic E-state index is 10.4. The maximum atomic E-state index is 10.4. The van der Waals surface area contributed by atoms with E-state index in [-0.39, 0.29) is 10.7 Å². The minimum Gasteiger partial charge on any atom is -0.258 e. The van der Waals surface area contributed by atoms with E-state index in [0.717, 1.165) is 5.56 Å². The van der Waals surface area contributed by atoms with Gasteiger partial charge in [-0.1, -0.05) is 11.6 Å². The van der Waals surface area contributed by atoms with E-state index in [1.54, 1.807) is 13.0 Å². The molecule has 12 heavy (non-hydrogen) atoms. The first-order chi connectivity index (χ1) is 5.52. The molecule has 1 aromatic carbocycles. The summed E-state index contributed by atoms with van der Waals surface area (Å²) < 4.78 is 0.709. The van der Waals surface area contributed by atoms with Crippen molar-refractivity contribution in [3.8, 4) is 0 Å². The zero-order valence-corrected chi connectivity index (χ0v) is 9.09. The van der Waals surface area contributed by atoms with Crippen molar-refractivity contribution in [2.45, 2.75) is 6.92 Å². The van der Waals surface area contributed by atoms with Gasteiger partial charge < -0.3 is 0 Å². The van der Waals surface area contributed by atoms with Crippen LogP contribution in [0.5, 0.6) is 0 Å². The Morgan fingerprint density at radius 2 is 2.17 bits per heavy atom. The predicted molar refractivity (Wildman–Crippen MR) is 55.6 cm³/mol. The van der Waals surface area contributed by atoms with Gasteiger partial charge in [0.2, 0.25) is 0 Å². The lowest BCUT2D eigenvalue weighted by Gasteiger charge is -1.99. The standard InChI is InChI=1S/C7H5ClINO2/c1-4-2-5(9)7(8)6(3-4)10(11)12/h2-3H,1H3. The third kappa shape index (κ3) is 1.87. The fourth-order valence-electron chi connectivity index (χ4n) is 0.839. The number of aryl methyl sites for hydroxylation is 1. The fraction of sp³-hybridized carbons (Fsp3) is 0.143. The Labute approximate surface area is 88.0 Å². The molecule has 1 aromatic rings. The average Bonchev–Trinajstić information content (AvgIpc) is 1.96. The Balaban J connectivity index is 3.37. The molecule has 64 valence electrons.